The lowest BCUT2D eigenvalue weighted by molar-refractivity contribution is 0.584. The average molecular weight is 412 g/mol. The maximum atomic E-state index is 10.7. The van der Waals surface area contributed by atoms with E-state index in [0.29, 0.717) is 11.8 Å². The molecule has 5 nitrogen and oxygen atoms in total. The summed E-state index contributed by atoms with van der Waals surface area (Å²) < 4.78 is 5.87. The summed E-state index contributed by atoms with van der Waals surface area (Å²) >= 11 is 0. The predicted molar refractivity (Wildman–Crippen MR) is 124 cm³/mol. The SMILES string of the molecule is CC(N=O)c1ccc(-c2nnc(-c3ccc(-c4ccc(C(C)(C)C)cc4)cc3)o2)cc1. The van der Waals surface area contributed by atoms with E-state index in [1.165, 1.54) is 11.1 Å². The quantitative estimate of drug-likeness (QED) is 0.326. The van der Waals surface area contributed by atoms with Gasteiger partial charge in [-0.25, -0.2) is 0 Å². The Labute approximate surface area is 182 Å². The van der Waals surface area contributed by atoms with Crippen molar-refractivity contribution in [3.8, 4) is 34.0 Å². The molecule has 31 heavy (non-hydrogen) atoms. The number of aromatic nitrogens is 2. The lowest BCUT2D eigenvalue weighted by atomic mass is 9.86. The van der Waals surface area contributed by atoms with E-state index in [4.69, 9.17) is 4.42 Å². The minimum absolute atomic E-state index is 0.141. The van der Waals surface area contributed by atoms with Crippen LogP contribution in [0.1, 0.15) is 44.9 Å². The molecule has 0 aliphatic carbocycles. The Morgan fingerprint density at radius 1 is 0.710 bits per heavy atom. The fraction of sp³-hybridized carbons (Fsp3) is 0.231. The van der Waals surface area contributed by atoms with E-state index in [1.54, 1.807) is 6.92 Å². The molecule has 0 saturated heterocycles. The fourth-order valence-electron chi connectivity index (χ4n) is 3.39. The molecule has 0 spiro atoms. The minimum atomic E-state index is -0.379. The summed E-state index contributed by atoms with van der Waals surface area (Å²) in [6, 6.07) is 23.8. The van der Waals surface area contributed by atoms with Gasteiger partial charge in [-0.3, -0.25) is 0 Å². The van der Waals surface area contributed by atoms with Crippen molar-refractivity contribution in [2.75, 3.05) is 0 Å². The van der Waals surface area contributed by atoms with Crippen LogP contribution in [-0.4, -0.2) is 10.2 Å². The number of nitrogens with zero attached hydrogens (tertiary/aromatic N) is 3. The van der Waals surface area contributed by atoms with Gasteiger partial charge in [-0.1, -0.05) is 74.5 Å². The number of nitroso groups, excluding NO2 is 1. The van der Waals surface area contributed by atoms with Crippen molar-refractivity contribution in [2.45, 2.75) is 39.2 Å². The Hall–Kier alpha value is -3.60. The van der Waals surface area contributed by atoms with Gasteiger partial charge in [0.15, 0.2) is 0 Å². The molecule has 0 aliphatic rings. The number of hydrogen-bond acceptors (Lipinski definition) is 5. The van der Waals surface area contributed by atoms with E-state index in [2.05, 4.69) is 72.5 Å². The Morgan fingerprint density at radius 2 is 1.13 bits per heavy atom. The molecule has 0 N–H and O–H groups in total. The number of rotatable bonds is 5. The van der Waals surface area contributed by atoms with Crippen LogP contribution >= 0.6 is 0 Å². The number of benzene rings is 3. The molecule has 0 fully saturated rings. The molecular formula is C26H25N3O2. The van der Waals surface area contributed by atoms with E-state index < -0.39 is 0 Å². The van der Waals surface area contributed by atoms with Crippen LogP contribution in [0.5, 0.6) is 0 Å². The summed E-state index contributed by atoms with van der Waals surface area (Å²) in [4.78, 5) is 10.7. The minimum Gasteiger partial charge on any atom is -0.416 e. The zero-order chi connectivity index (χ0) is 22.0. The second-order valence-corrected chi connectivity index (χ2v) is 8.72. The van der Waals surface area contributed by atoms with Crippen LogP contribution in [-0.2, 0) is 5.41 Å². The standard InChI is InChI=1S/C26H25N3O2/c1-17(29-30)18-5-9-21(10-6-18)24-27-28-25(31-24)22-11-7-19(8-12-22)20-13-15-23(16-14-20)26(2,3)4/h5-17H,1-4H3. The summed E-state index contributed by atoms with van der Waals surface area (Å²) in [5, 5.41) is 11.4. The molecule has 5 heteroatoms. The Kier molecular flexibility index (Phi) is 5.51. The van der Waals surface area contributed by atoms with Gasteiger partial charge in [-0.15, -0.1) is 10.2 Å². The van der Waals surface area contributed by atoms with Crippen LogP contribution in [0, 0.1) is 4.91 Å². The van der Waals surface area contributed by atoms with Crippen molar-refractivity contribution in [1.82, 2.24) is 10.2 Å². The van der Waals surface area contributed by atoms with Gasteiger partial charge in [-0.2, -0.15) is 4.91 Å². The van der Waals surface area contributed by atoms with Crippen molar-refractivity contribution in [3.05, 3.63) is 88.8 Å². The van der Waals surface area contributed by atoms with Crippen LogP contribution in [0.25, 0.3) is 34.0 Å². The molecule has 4 aromatic rings. The molecule has 3 aromatic carbocycles. The van der Waals surface area contributed by atoms with Crippen LogP contribution in [0.4, 0.5) is 0 Å². The average Bonchev–Trinajstić information content (AvgIpc) is 3.29. The predicted octanol–water partition coefficient (Wildman–Crippen LogP) is 7.20. The summed E-state index contributed by atoms with van der Waals surface area (Å²) in [6.45, 7) is 8.40. The Balaban J connectivity index is 1.52. The van der Waals surface area contributed by atoms with Crippen LogP contribution < -0.4 is 0 Å². The maximum absolute atomic E-state index is 10.7. The molecule has 0 saturated carbocycles. The maximum Gasteiger partial charge on any atom is 0.248 e. The summed E-state index contributed by atoms with van der Waals surface area (Å²) in [7, 11) is 0. The Morgan fingerprint density at radius 3 is 1.58 bits per heavy atom. The van der Waals surface area contributed by atoms with Crippen molar-refractivity contribution >= 4 is 0 Å². The highest BCUT2D eigenvalue weighted by Gasteiger charge is 2.14. The van der Waals surface area contributed by atoms with Gasteiger partial charge in [0.05, 0.1) is 0 Å². The van der Waals surface area contributed by atoms with Gasteiger partial charge >= 0.3 is 0 Å². The molecule has 1 heterocycles. The van der Waals surface area contributed by atoms with Crippen molar-refractivity contribution < 1.29 is 4.42 Å². The molecule has 156 valence electrons. The summed E-state index contributed by atoms with van der Waals surface area (Å²) in [5.74, 6) is 0.909. The van der Waals surface area contributed by atoms with Gasteiger partial charge in [0.1, 0.15) is 6.04 Å². The third kappa shape index (κ3) is 4.45. The first-order valence-electron chi connectivity index (χ1n) is 10.3. The van der Waals surface area contributed by atoms with Crippen molar-refractivity contribution in [3.63, 3.8) is 0 Å². The van der Waals surface area contributed by atoms with Crippen LogP contribution in [0.3, 0.4) is 0 Å². The highest BCUT2D eigenvalue weighted by molar-refractivity contribution is 5.68. The first-order chi connectivity index (χ1) is 14.8. The monoisotopic (exact) mass is 411 g/mol. The van der Waals surface area contributed by atoms with E-state index in [9.17, 15) is 4.91 Å². The van der Waals surface area contributed by atoms with Crippen LogP contribution in [0.2, 0.25) is 0 Å². The largest absolute Gasteiger partial charge is 0.416 e. The van der Waals surface area contributed by atoms with Gasteiger partial charge < -0.3 is 4.42 Å². The lowest BCUT2D eigenvalue weighted by Gasteiger charge is -2.19. The second-order valence-electron chi connectivity index (χ2n) is 8.72. The van der Waals surface area contributed by atoms with Gasteiger partial charge in [0.2, 0.25) is 11.8 Å². The van der Waals surface area contributed by atoms with Gasteiger partial charge in [-0.05, 0) is 58.9 Å². The van der Waals surface area contributed by atoms with Gasteiger partial charge in [0.25, 0.3) is 0 Å². The van der Waals surface area contributed by atoms with E-state index in [-0.39, 0.29) is 11.5 Å². The van der Waals surface area contributed by atoms with Crippen LogP contribution in [0.15, 0.2) is 82.4 Å². The molecule has 1 atom stereocenters. The first kappa shape index (κ1) is 20.7. The van der Waals surface area contributed by atoms with Crippen molar-refractivity contribution in [1.29, 1.82) is 0 Å². The zero-order valence-corrected chi connectivity index (χ0v) is 18.2. The normalized spacial score (nSPS) is 12.5. The van der Waals surface area contributed by atoms with Crippen molar-refractivity contribution in [2.24, 2.45) is 5.18 Å². The molecule has 0 amide bonds. The third-order valence-electron chi connectivity index (χ3n) is 5.44. The number of hydrogen-bond donors (Lipinski definition) is 0. The zero-order valence-electron chi connectivity index (χ0n) is 18.2. The molecular weight excluding hydrogens is 386 g/mol. The molecule has 0 bridgehead atoms. The molecule has 0 aliphatic heterocycles. The lowest BCUT2D eigenvalue weighted by Crippen LogP contribution is -2.10. The molecule has 4 rings (SSSR count). The topological polar surface area (TPSA) is 68.3 Å². The smallest absolute Gasteiger partial charge is 0.248 e. The van der Waals surface area contributed by atoms with Gasteiger partial charge in [0, 0.05) is 11.1 Å². The first-order valence-corrected chi connectivity index (χ1v) is 10.3. The molecule has 0 radical (unpaired) electrons. The highest BCUT2D eigenvalue weighted by atomic mass is 16.4. The summed E-state index contributed by atoms with van der Waals surface area (Å²) in [5.41, 5.74) is 6.28. The molecule has 1 aromatic heterocycles. The Bertz CT molecular complexity index is 1170. The van der Waals surface area contributed by atoms with E-state index in [0.717, 1.165) is 22.3 Å². The van der Waals surface area contributed by atoms with E-state index >= 15 is 0 Å². The second kappa shape index (κ2) is 8.26. The highest BCUT2D eigenvalue weighted by Crippen LogP contribution is 2.29. The fourth-order valence-corrected chi connectivity index (χ4v) is 3.39. The third-order valence-corrected chi connectivity index (χ3v) is 5.44. The molecule has 1 unspecified atom stereocenters. The van der Waals surface area contributed by atoms with E-state index in [1.807, 2.05) is 36.4 Å². The summed E-state index contributed by atoms with van der Waals surface area (Å²) in [6.07, 6.45) is 0.